The van der Waals surface area contributed by atoms with Crippen molar-refractivity contribution in [1.82, 2.24) is 9.80 Å². The lowest BCUT2D eigenvalue weighted by atomic mass is 9.99. The Morgan fingerprint density at radius 2 is 1.49 bits per heavy atom. The first-order valence-electron chi connectivity index (χ1n) is 11.4. The van der Waals surface area contributed by atoms with Crippen molar-refractivity contribution < 1.29 is 29.0 Å². The highest BCUT2D eigenvalue weighted by Gasteiger charge is 2.33. The van der Waals surface area contributed by atoms with E-state index >= 15 is 0 Å². The van der Waals surface area contributed by atoms with E-state index in [0.717, 1.165) is 11.1 Å². The zero-order chi connectivity index (χ0) is 25.3. The van der Waals surface area contributed by atoms with Gasteiger partial charge in [-0.3, -0.25) is 14.5 Å². The van der Waals surface area contributed by atoms with Crippen LogP contribution in [0.5, 0.6) is 0 Å². The normalized spacial score (nSPS) is 17.6. The minimum atomic E-state index is -1.08. The Labute approximate surface area is 203 Å². The molecule has 2 heterocycles. The maximum Gasteiger partial charge on any atom is 0.411 e. The fraction of sp³-hybridized carbons (Fsp3) is 0.360. The quantitative estimate of drug-likeness (QED) is 0.707. The van der Waals surface area contributed by atoms with E-state index in [4.69, 9.17) is 4.74 Å². The monoisotopic (exact) mass is 480 g/mol. The number of rotatable bonds is 2. The molecule has 0 aliphatic carbocycles. The van der Waals surface area contributed by atoms with Crippen LogP contribution in [0.1, 0.15) is 24.2 Å². The maximum absolute atomic E-state index is 12.9. The van der Waals surface area contributed by atoms with E-state index in [0.29, 0.717) is 43.1 Å². The van der Waals surface area contributed by atoms with Crippen LogP contribution >= 0.6 is 0 Å². The largest absolute Gasteiger partial charge is 0.465 e. The Kier molecular flexibility index (Phi) is 6.63. The first-order chi connectivity index (χ1) is 16.7. The predicted octanol–water partition coefficient (Wildman–Crippen LogP) is 3.12. The molecule has 35 heavy (non-hydrogen) atoms. The minimum Gasteiger partial charge on any atom is -0.465 e. The van der Waals surface area contributed by atoms with Gasteiger partial charge in [0.25, 0.3) is 5.91 Å². The van der Waals surface area contributed by atoms with Crippen molar-refractivity contribution in [2.24, 2.45) is 0 Å². The summed E-state index contributed by atoms with van der Waals surface area (Å²) in [5.41, 5.74) is 3.13. The summed E-state index contributed by atoms with van der Waals surface area (Å²) in [6.07, 6.45) is -1.47. The van der Waals surface area contributed by atoms with Crippen molar-refractivity contribution in [2.45, 2.75) is 19.9 Å². The van der Waals surface area contributed by atoms with E-state index in [1.54, 1.807) is 39.0 Å². The third kappa shape index (κ3) is 4.64. The van der Waals surface area contributed by atoms with Gasteiger partial charge >= 0.3 is 12.2 Å². The number of carbonyl (C=O) groups excluding carboxylic acids is 3. The van der Waals surface area contributed by atoms with Crippen LogP contribution < -0.4 is 9.80 Å². The van der Waals surface area contributed by atoms with E-state index in [1.807, 2.05) is 25.1 Å². The molecule has 0 spiro atoms. The van der Waals surface area contributed by atoms with Crippen molar-refractivity contribution >= 4 is 35.4 Å². The molecular weight excluding hydrogens is 452 g/mol. The average molecular weight is 481 g/mol. The van der Waals surface area contributed by atoms with Gasteiger partial charge in [-0.05, 0) is 42.3 Å². The number of amides is 4. The third-order valence-corrected chi connectivity index (χ3v) is 6.45. The van der Waals surface area contributed by atoms with Gasteiger partial charge in [-0.15, -0.1) is 0 Å². The third-order valence-electron chi connectivity index (χ3n) is 6.45. The number of hydrogen-bond donors (Lipinski definition) is 1. The molecule has 2 aromatic rings. The molecule has 1 fully saturated rings. The summed E-state index contributed by atoms with van der Waals surface area (Å²) in [6, 6.07) is 12.2. The zero-order valence-electron chi connectivity index (χ0n) is 19.9. The Morgan fingerprint density at radius 1 is 0.886 bits per heavy atom. The lowest BCUT2D eigenvalue weighted by molar-refractivity contribution is -0.117. The van der Waals surface area contributed by atoms with Crippen molar-refractivity contribution in [3.8, 4) is 11.1 Å². The highest BCUT2D eigenvalue weighted by molar-refractivity contribution is 6.03. The van der Waals surface area contributed by atoms with Crippen molar-refractivity contribution in [3.63, 3.8) is 0 Å². The molecule has 0 unspecified atom stereocenters. The molecule has 1 N–H and O–H groups in total. The topological polar surface area (TPSA) is 111 Å². The molecule has 0 bridgehead atoms. The van der Waals surface area contributed by atoms with Crippen LogP contribution in [0.2, 0.25) is 0 Å². The average Bonchev–Trinajstić information content (AvgIpc) is 2.86. The van der Waals surface area contributed by atoms with Crippen LogP contribution in [0.25, 0.3) is 11.1 Å². The van der Waals surface area contributed by atoms with E-state index in [9.17, 15) is 24.3 Å². The maximum atomic E-state index is 12.9. The summed E-state index contributed by atoms with van der Waals surface area (Å²) in [5.74, 6) is -0.263. The van der Waals surface area contributed by atoms with Gasteiger partial charge in [-0.2, -0.15) is 0 Å². The Morgan fingerprint density at radius 3 is 2.06 bits per heavy atom. The molecule has 0 radical (unpaired) electrons. The van der Waals surface area contributed by atoms with Gasteiger partial charge in [0.05, 0.1) is 24.5 Å². The van der Waals surface area contributed by atoms with E-state index < -0.39 is 12.2 Å². The molecule has 10 heteroatoms. The van der Waals surface area contributed by atoms with Gasteiger partial charge in [-0.25, -0.2) is 9.59 Å². The number of carboxylic acid groups (broad SMARTS) is 1. The molecule has 10 nitrogen and oxygen atoms in total. The highest BCUT2D eigenvalue weighted by atomic mass is 16.5. The smallest absolute Gasteiger partial charge is 0.411 e. The zero-order valence-corrected chi connectivity index (χ0v) is 19.9. The number of anilines is 2. The van der Waals surface area contributed by atoms with Crippen LogP contribution in [0.3, 0.4) is 0 Å². The van der Waals surface area contributed by atoms with E-state index in [-0.39, 0.29) is 24.4 Å². The summed E-state index contributed by atoms with van der Waals surface area (Å²) in [4.78, 5) is 54.8. The second-order valence-electron chi connectivity index (χ2n) is 8.66. The van der Waals surface area contributed by atoms with E-state index in [2.05, 4.69) is 0 Å². The number of fused-ring (bicyclic) bond motifs is 1. The number of piperazine rings is 1. The lowest BCUT2D eigenvalue weighted by Crippen LogP contribution is -2.51. The fourth-order valence-electron chi connectivity index (χ4n) is 4.67. The second kappa shape index (κ2) is 9.65. The Hall–Kier alpha value is -4.08. The Bertz CT molecular complexity index is 1160. The molecule has 2 aliphatic rings. The van der Waals surface area contributed by atoms with Crippen molar-refractivity contribution in [2.75, 3.05) is 49.6 Å². The summed E-state index contributed by atoms with van der Waals surface area (Å²) < 4.78 is 4.73. The number of methoxy groups -OCH3 is 1. The van der Waals surface area contributed by atoms with Crippen molar-refractivity contribution in [3.05, 3.63) is 48.0 Å². The van der Waals surface area contributed by atoms with Crippen molar-refractivity contribution in [1.29, 1.82) is 0 Å². The number of nitrogens with zero attached hydrogens (tertiary/aromatic N) is 4. The van der Waals surface area contributed by atoms with Gasteiger partial charge in [0.15, 0.2) is 0 Å². The fourth-order valence-corrected chi connectivity index (χ4v) is 4.67. The number of carbonyl (C=O) groups is 4. The standard InChI is InChI=1S/C25H28N4O6/c1-16-15-28(24(32)33)22-14-20(8-9-21(22)29(16)17(2)30)18-4-6-19(7-5-18)23(31)26-10-12-27(13-11-26)25(34)35-3/h4-9,14,16H,10-13,15H2,1-3H3,(H,32,33)/t16-/m0/s1. The molecule has 0 saturated carbocycles. The lowest BCUT2D eigenvalue weighted by Gasteiger charge is -2.39. The first-order valence-corrected chi connectivity index (χ1v) is 11.4. The van der Waals surface area contributed by atoms with Gasteiger partial charge < -0.3 is 24.5 Å². The molecule has 1 atom stereocenters. The highest BCUT2D eigenvalue weighted by Crippen LogP contribution is 2.39. The van der Waals surface area contributed by atoms with Crippen LogP contribution in [0.15, 0.2) is 42.5 Å². The predicted molar refractivity (Wildman–Crippen MR) is 130 cm³/mol. The van der Waals surface area contributed by atoms with Gasteiger partial charge in [0.1, 0.15) is 0 Å². The molecular formula is C25H28N4O6. The number of ether oxygens (including phenoxy) is 1. The molecule has 2 aromatic carbocycles. The van der Waals surface area contributed by atoms with Gasteiger partial charge in [-0.1, -0.05) is 18.2 Å². The van der Waals surface area contributed by atoms with Crippen LogP contribution in [-0.4, -0.2) is 84.8 Å². The molecule has 2 aliphatic heterocycles. The van der Waals surface area contributed by atoms with Crippen LogP contribution in [0, 0.1) is 0 Å². The van der Waals surface area contributed by atoms with Crippen LogP contribution in [-0.2, 0) is 9.53 Å². The first kappa shape index (κ1) is 24.1. The Balaban J connectivity index is 1.54. The second-order valence-corrected chi connectivity index (χ2v) is 8.66. The summed E-state index contributed by atoms with van der Waals surface area (Å²) in [6.45, 7) is 5.16. The van der Waals surface area contributed by atoms with Gasteiger partial charge in [0, 0.05) is 45.2 Å². The number of benzene rings is 2. The van der Waals surface area contributed by atoms with Crippen LogP contribution in [0.4, 0.5) is 21.0 Å². The number of hydrogen-bond acceptors (Lipinski definition) is 5. The molecule has 1 saturated heterocycles. The van der Waals surface area contributed by atoms with E-state index in [1.165, 1.54) is 18.9 Å². The summed E-state index contributed by atoms with van der Waals surface area (Å²) >= 11 is 0. The minimum absolute atomic E-state index is 0.116. The summed E-state index contributed by atoms with van der Waals surface area (Å²) in [5, 5.41) is 9.72. The molecule has 184 valence electrons. The molecule has 4 rings (SSSR count). The summed E-state index contributed by atoms with van der Waals surface area (Å²) in [7, 11) is 1.34. The van der Waals surface area contributed by atoms with Gasteiger partial charge in [0.2, 0.25) is 5.91 Å². The molecule has 4 amide bonds. The SMILES string of the molecule is COC(=O)N1CCN(C(=O)c2ccc(-c3ccc4c(c3)N(C(=O)O)C[C@H](C)N4C(C)=O)cc2)CC1. The molecule has 0 aromatic heterocycles.